The van der Waals surface area contributed by atoms with Gasteiger partial charge >= 0.3 is 0 Å². The lowest BCUT2D eigenvalue weighted by Gasteiger charge is -2.11. The minimum atomic E-state index is -0.322. The highest BCUT2D eigenvalue weighted by Gasteiger charge is 2.29. The van der Waals surface area contributed by atoms with Crippen molar-refractivity contribution in [2.45, 2.75) is 18.8 Å². The smallest absolute Gasteiger partial charge is 0.292 e. The number of nitro benzene ring substituents is 1. The predicted molar refractivity (Wildman–Crippen MR) is 74.8 cm³/mol. The summed E-state index contributed by atoms with van der Waals surface area (Å²) in [7, 11) is 0. The maximum Gasteiger partial charge on any atom is 0.292 e. The van der Waals surface area contributed by atoms with Crippen molar-refractivity contribution < 1.29 is 4.92 Å². The Hall–Kier alpha value is -2.36. The van der Waals surface area contributed by atoms with E-state index in [0.717, 1.165) is 24.1 Å². The quantitative estimate of drug-likeness (QED) is 0.656. The van der Waals surface area contributed by atoms with Gasteiger partial charge in [0.15, 0.2) is 0 Å². The van der Waals surface area contributed by atoms with E-state index >= 15 is 0 Å². The minimum Gasteiger partial charge on any atom is -0.350 e. The molecule has 1 aliphatic carbocycles. The normalized spacial score (nSPS) is 14.1. The van der Waals surface area contributed by atoms with Crippen LogP contribution in [-0.2, 0) is 0 Å². The summed E-state index contributed by atoms with van der Waals surface area (Å²) in [4.78, 5) is 10.9. The van der Waals surface area contributed by atoms with Crippen LogP contribution in [0.5, 0.6) is 0 Å². The first-order valence-corrected chi connectivity index (χ1v) is 6.35. The van der Waals surface area contributed by atoms with Crippen LogP contribution in [0.3, 0.4) is 0 Å². The van der Waals surface area contributed by atoms with Gasteiger partial charge in [-0.05, 0) is 36.5 Å². The lowest BCUT2D eigenvalue weighted by Crippen LogP contribution is -2.00. The molecule has 0 bridgehead atoms. The van der Waals surface area contributed by atoms with Gasteiger partial charge < -0.3 is 5.32 Å². The van der Waals surface area contributed by atoms with E-state index in [9.17, 15) is 10.1 Å². The summed E-state index contributed by atoms with van der Waals surface area (Å²) in [6.45, 7) is 0. The van der Waals surface area contributed by atoms with Crippen molar-refractivity contribution >= 4 is 17.1 Å². The van der Waals surface area contributed by atoms with Crippen LogP contribution in [0.25, 0.3) is 0 Å². The molecule has 0 unspecified atom stereocenters. The zero-order valence-corrected chi connectivity index (χ0v) is 10.4. The summed E-state index contributed by atoms with van der Waals surface area (Å²) in [6, 6.07) is 14.9. The Morgan fingerprint density at radius 1 is 1.05 bits per heavy atom. The molecule has 0 atom stereocenters. The number of anilines is 2. The second kappa shape index (κ2) is 4.72. The number of nitrogens with zero attached hydrogens (tertiary/aromatic N) is 1. The summed E-state index contributed by atoms with van der Waals surface area (Å²) < 4.78 is 0. The number of rotatable bonds is 4. The molecule has 3 rings (SSSR count). The van der Waals surface area contributed by atoms with Gasteiger partial charge in [-0.2, -0.15) is 0 Å². The number of benzene rings is 2. The molecule has 0 aromatic heterocycles. The molecule has 0 spiro atoms. The van der Waals surface area contributed by atoms with Gasteiger partial charge in [0.25, 0.3) is 5.69 Å². The second-order valence-corrected chi connectivity index (χ2v) is 4.76. The molecule has 2 aromatic carbocycles. The number of nitro groups is 1. The molecular formula is C15H14N2O2. The Bertz CT molecular complexity index is 607. The van der Waals surface area contributed by atoms with Crippen molar-refractivity contribution in [3.8, 4) is 0 Å². The fourth-order valence-corrected chi connectivity index (χ4v) is 2.25. The monoisotopic (exact) mass is 254 g/mol. The van der Waals surface area contributed by atoms with E-state index < -0.39 is 0 Å². The molecule has 1 fully saturated rings. The van der Waals surface area contributed by atoms with Crippen LogP contribution in [0.1, 0.15) is 24.3 Å². The third-order valence-corrected chi connectivity index (χ3v) is 3.33. The van der Waals surface area contributed by atoms with Gasteiger partial charge in [-0.15, -0.1) is 0 Å². The highest BCUT2D eigenvalue weighted by Crippen LogP contribution is 2.46. The zero-order chi connectivity index (χ0) is 13.2. The molecule has 0 radical (unpaired) electrons. The van der Waals surface area contributed by atoms with Crippen LogP contribution in [0.4, 0.5) is 17.1 Å². The van der Waals surface area contributed by atoms with Crippen molar-refractivity contribution in [2.24, 2.45) is 0 Å². The SMILES string of the molecule is O=[N+]([O-])c1cccc(C2CC2)c1Nc1ccccc1. The van der Waals surface area contributed by atoms with Gasteiger partial charge in [0.1, 0.15) is 5.69 Å². The van der Waals surface area contributed by atoms with E-state index in [4.69, 9.17) is 0 Å². The van der Waals surface area contributed by atoms with Crippen molar-refractivity contribution in [3.63, 3.8) is 0 Å². The fraction of sp³-hybridized carbons (Fsp3) is 0.200. The Morgan fingerprint density at radius 3 is 2.42 bits per heavy atom. The topological polar surface area (TPSA) is 55.2 Å². The molecule has 96 valence electrons. The van der Waals surface area contributed by atoms with E-state index in [-0.39, 0.29) is 10.6 Å². The van der Waals surface area contributed by atoms with Crippen LogP contribution >= 0.6 is 0 Å². The van der Waals surface area contributed by atoms with Crippen LogP contribution < -0.4 is 5.32 Å². The number of para-hydroxylation sites is 2. The summed E-state index contributed by atoms with van der Waals surface area (Å²) >= 11 is 0. The molecule has 1 N–H and O–H groups in total. The molecule has 19 heavy (non-hydrogen) atoms. The largest absolute Gasteiger partial charge is 0.350 e. The predicted octanol–water partition coefficient (Wildman–Crippen LogP) is 4.22. The van der Waals surface area contributed by atoms with Gasteiger partial charge in [0.2, 0.25) is 0 Å². The molecule has 0 heterocycles. The molecule has 1 aliphatic rings. The first-order chi connectivity index (χ1) is 9.25. The van der Waals surface area contributed by atoms with Gasteiger partial charge in [0, 0.05) is 11.8 Å². The molecule has 0 aliphatic heterocycles. The number of hydrogen-bond donors (Lipinski definition) is 1. The molecule has 1 saturated carbocycles. The van der Waals surface area contributed by atoms with E-state index in [1.54, 1.807) is 12.1 Å². The van der Waals surface area contributed by atoms with E-state index in [0.29, 0.717) is 11.6 Å². The Morgan fingerprint density at radius 2 is 1.79 bits per heavy atom. The Balaban J connectivity index is 2.04. The van der Waals surface area contributed by atoms with Gasteiger partial charge in [-0.3, -0.25) is 10.1 Å². The third kappa shape index (κ3) is 2.42. The van der Waals surface area contributed by atoms with Gasteiger partial charge in [-0.25, -0.2) is 0 Å². The van der Waals surface area contributed by atoms with Gasteiger partial charge in [-0.1, -0.05) is 30.3 Å². The maximum absolute atomic E-state index is 11.2. The van der Waals surface area contributed by atoms with Crippen LogP contribution in [0.2, 0.25) is 0 Å². The Labute approximate surface area is 111 Å². The lowest BCUT2D eigenvalue weighted by molar-refractivity contribution is -0.384. The fourth-order valence-electron chi connectivity index (χ4n) is 2.25. The first-order valence-electron chi connectivity index (χ1n) is 6.35. The number of nitrogens with one attached hydrogen (secondary N) is 1. The molecule has 0 amide bonds. The van der Waals surface area contributed by atoms with Crippen molar-refractivity contribution in [1.29, 1.82) is 0 Å². The highest BCUT2D eigenvalue weighted by molar-refractivity contribution is 5.74. The van der Waals surface area contributed by atoms with E-state index in [1.165, 1.54) is 0 Å². The molecule has 2 aromatic rings. The van der Waals surface area contributed by atoms with Crippen LogP contribution in [0.15, 0.2) is 48.5 Å². The van der Waals surface area contributed by atoms with Crippen molar-refractivity contribution in [3.05, 3.63) is 64.2 Å². The Kier molecular flexibility index (Phi) is 2.91. The maximum atomic E-state index is 11.2. The highest BCUT2D eigenvalue weighted by atomic mass is 16.6. The molecule has 4 heteroatoms. The van der Waals surface area contributed by atoms with Crippen molar-refractivity contribution in [2.75, 3.05) is 5.32 Å². The van der Waals surface area contributed by atoms with E-state index in [1.807, 2.05) is 36.4 Å². The van der Waals surface area contributed by atoms with Gasteiger partial charge in [0.05, 0.1) is 4.92 Å². The number of hydrogen-bond acceptors (Lipinski definition) is 3. The van der Waals surface area contributed by atoms with Crippen molar-refractivity contribution in [1.82, 2.24) is 0 Å². The molecular weight excluding hydrogens is 240 g/mol. The summed E-state index contributed by atoms with van der Waals surface area (Å²) in [5.74, 6) is 0.464. The van der Waals surface area contributed by atoms with E-state index in [2.05, 4.69) is 5.32 Å². The second-order valence-electron chi connectivity index (χ2n) is 4.76. The first kappa shape index (κ1) is 11.7. The average molecular weight is 254 g/mol. The summed E-state index contributed by atoms with van der Waals surface area (Å²) in [5.41, 5.74) is 2.71. The standard InChI is InChI=1S/C15H14N2O2/c18-17(19)14-8-4-7-13(11-9-10-11)15(14)16-12-5-2-1-3-6-12/h1-8,11,16H,9-10H2. The van der Waals surface area contributed by atoms with Crippen LogP contribution in [0, 0.1) is 10.1 Å². The third-order valence-electron chi connectivity index (χ3n) is 3.33. The minimum absolute atomic E-state index is 0.147. The summed E-state index contributed by atoms with van der Waals surface area (Å²) in [6.07, 6.45) is 2.23. The average Bonchev–Trinajstić information content (AvgIpc) is 3.24. The lowest BCUT2D eigenvalue weighted by atomic mass is 10.1. The summed E-state index contributed by atoms with van der Waals surface area (Å²) in [5, 5.41) is 14.4. The zero-order valence-electron chi connectivity index (χ0n) is 10.4. The molecule has 0 saturated heterocycles. The van der Waals surface area contributed by atoms with Crippen LogP contribution in [-0.4, -0.2) is 4.92 Å². The molecule has 4 nitrogen and oxygen atoms in total.